The van der Waals surface area contributed by atoms with Gasteiger partial charge in [0, 0.05) is 39.7 Å². The summed E-state index contributed by atoms with van der Waals surface area (Å²) < 4.78 is 5.21. The molecule has 0 spiro atoms. The highest BCUT2D eigenvalue weighted by atomic mass is 16.5. The first kappa shape index (κ1) is 23.4. The zero-order valence-electron chi connectivity index (χ0n) is 18.5. The molecule has 8 nitrogen and oxygen atoms in total. The lowest BCUT2D eigenvalue weighted by Crippen LogP contribution is -2.56. The van der Waals surface area contributed by atoms with Crippen molar-refractivity contribution in [2.45, 2.75) is 58.9 Å². The van der Waals surface area contributed by atoms with Crippen molar-refractivity contribution in [3.8, 4) is 0 Å². The Balaban J connectivity index is 1.83. The highest BCUT2D eigenvalue weighted by Gasteiger charge is 2.31. The molecule has 2 aliphatic rings. The van der Waals surface area contributed by atoms with Crippen molar-refractivity contribution in [2.24, 2.45) is 11.3 Å². The van der Waals surface area contributed by atoms with Gasteiger partial charge in [0.05, 0.1) is 19.2 Å². The summed E-state index contributed by atoms with van der Waals surface area (Å²) in [5.74, 6) is 0.442. The first-order valence-electron chi connectivity index (χ1n) is 10.8. The third kappa shape index (κ3) is 7.49. The Morgan fingerprint density at radius 3 is 2.62 bits per heavy atom. The Kier molecular flexibility index (Phi) is 8.74. The van der Waals surface area contributed by atoms with Crippen molar-refractivity contribution in [3.63, 3.8) is 0 Å². The summed E-state index contributed by atoms with van der Waals surface area (Å²) in [6, 6.07) is -0.561. The maximum atomic E-state index is 12.5. The number of carbonyl (C=O) groups is 3. The minimum atomic E-state index is -0.367. The van der Waals surface area contributed by atoms with E-state index in [1.807, 2.05) is 25.7 Å². The van der Waals surface area contributed by atoms with Crippen molar-refractivity contribution in [1.29, 1.82) is 0 Å². The minimum absolute atomic E-state index is 0.0228. The van der Waals surface area contributed by atoms with Gasteiger partial charge in [0.1, 0.15) is 0 Å². The van der Waals surface area contributed by atoms with Crippen LogP contribution in [0.4, 0.5) is 4.79 Å². The SMILES string of the molecule is COC[C@@H]1CCCN(C(=O)CNC(=O)NC(CN2CCCCC2=O)C(C)(C)C)C1. The monoisotopic (exact) mass is 410 g/mol. The number of rotatable bonds is 7. The summed E-state index contributed by atoms with van der Waals surface area (Å²) in [4.78, 5) is 40.7. The molecule has 2 atom stereocenters. The quantitative estimate of drug-likeness (QED) is 0.667. The number of likely N-dealkylation sites (tertiary alicyclic amines) is 2. The zero-order valence-corrected chi connectivity index (χ0v) is 18.5. The van der Waals surface area contributed by atoms with Crippen LogP contribution in [0.5, 0.6) is 0 Å². The molecule has 0 aliphatic carbocycles. The van der Waals surface area contributed by atoms with Crippen LogP contribution in [-0.2, 0) is 14.3 Å². The van der Waals surface area contributed by atoms with Crippen LogP contribution in [0.15, 0.2) is 0 Å². The van der Waals surface area contributed by atoms with E-state index in [1.165, 1.54) is 0 Å². The van der Waals surface area contributed by atoms with Crippen molar-refractivity contribution < 1.29 is 19.1 Å². The average Bonchev–Trinajstić information content (AvgIpc) is 2.67. The Labute approximate surface area is 174 Å². The topological polar surface area (TPSA) is 91.0 Å². The number of amides is 4. The van der Waals surface area contributed by atoms with E-state index >= 15 is 0 Å². The summed E-state index contributed by atoms with van der Waals surface area (Å²) >= 11 is 0. The van der Waals surface area contributed by atoms with E-state index in [9.17, 15) is 14.4 Å². The van der Waals surface area contributed by atoms with Crippen molar-refractivity contribution in [1.82, 2.24) is 20.4 Å². The number of nitrogens with one attached hydrogen (secondary N) is 2. The number of urea groups is 1. The van der Waals surface area contributed by atoms with Crippen LogP contribution in [0.25, 0.3) is 0 Å². The van der Waals surface area contributed by atoms with Gasteiger partial charge in [-0.25, -0.2) is 4.79 Å². The largest absolute Gasteiger partial charge is 0.384 e. The van der Waals surface area contributed by atoms with E-state index < -0.39 is 0 Å². The van der Waals surface area contributed by atoms with E-state index in [0.717, 1.165) is 38.8 Å². The lowest BCUT2D eigenvalue weighted by atomic mass is 9.86. The van der Waals surface area contributed by atoms with Gasteiger partial charge in [0.2, 0.25) is 11.8 Å². The molecule has 1 unspecified atom stereocenters. The van der Waals surface area contributed by atoms with Crippen LogP contribution >= 0.6 is 0 Å². The van der Waals surface area contributed by atoms with E-state index in [0.29, 0.717) is 32.0 Å². The standard InChI is InChI=1S/C21H38N4O4/c1-21(2,3)17(14-25-10-6-5-9-18(25)26)23-20(28)22-12-19(27)24-11-7-8-16(13-24)15-29-4/h16-17H,5-15H2,1-4H3,(H2,22,23,28)/t16-,17?/m1/s1. The lowest BCUT2D eigenvalue weighted by molar-refractivity contribution is -0.134. The normalized spacial score (nSPS) is 21.7. The van der Waals surface area contributed by atoms with Gasteiger partial charge in [0.15, 0.2) is 0 Å². The summed E-state index contributed by atoms with van der Waals surface area (Å²) in [6.45, 7) is 9.40. The van der Waals surface area contributed by atoms with Crippen molar-refractivity contribution >= 4 is 17.8 Å². The minimum Gasteiger partial charge on any atom is -0.384 e. The second kappa shape index (κ2) is 10.8. The van der Waals surface area contributed by atoms with Crippen LogP contribution in [0.2, 0.25) is 0 Å². The first-order valence-corrected chi connectivity index (χ1v) is 10.8. The summed E-state index contributed by atoms with van der Waals surface area (Å²) in [5.41, 5.74) is -0.209. The fraction of sp³-hybridized carbons (Fsp3) is 0.857. The van der Waals surface area contributed by atoms with Gasteiger partial charge < -0.3 is 25.2 Å². The van der Waals surface area contributed by atoms with E-state index in [1.54, 1.807) is 12.0 Å². The Bertz CT molecular complexity index is 574. The molecule has 2 aliphatic heterocycles. The smallest absolute Gasteiger partial charge is 0.315 e. The van der Waals surface area contributed by atoms with Gasteiger partial charge in [0.25, 0.3) is 0 Å². The van der Waals surface area contributed by atoms with Gasteiger partial charge in [-0.3, -0.25) is 9.59 Å². The number of hydrogen-bond acceptors (Lipinski definition) is 4. The summed E-state index contributed by atoms with van der Waals surface area (Å²) in [7, 11) is 1.68. The Morgan fingerprint density at radius 2 is 1.97 bits per heavy atom. The van der Waals surface area contributed by atoms with E-state index in [2.05, 4.69) is 10.6 Å². The summed E-state index contributed by atoms with van der Waals surface area (Å²) in [5, 5.41) is 5.68. The van der Waals surface area contributed by atoms with E-state index in [4.69, 9.17) is 4.74 Å². The van der Waals surface area contributed by atoms with Gasteiger partial charge in [-0.2, -0.15) is 0 Å². The molecule has 0 bridgehead atoms. The number of ether oxygens (including phenoxy) is 1. The first-order chi connectivity index (χ1) is 13.7. The molecule has 0 aromatic heterocycles. The van der Waals surface area contributed by atoms with Crippen LogP contribution in [0.1, 0.15) is 52.9 Å². The Hall–Kier alpha value is -1.83. The molecule has 0 saturated carbocycles. The average molecular weight is 411 g/mol. The molecule has 0 radical (unpaired) electrons. The molecule has 8 heteroatoms. The third-order valence-corrected chi connectivity index (χ3v) is 5.85. The lowest BCUT2D eigenvalue weighted by Gasteiger charge is -2.37. The molecule has 2 rings (SSSR count). The van der Waals surface area contributed by atoms with Crippen LogP contribution in [0.3, 0.4) is 0 Å². The number of nitrogens with zero attached hydrogens (tertiary/aromatic N) is 2. The molecule has 29 heavy (non-hydrogen) atoms. The maximum Gasteiger partial charge on any atom is 0.315 e. The van der Waals surface area contributed by atoms with Crippen molar-refractivity contribution in [3.05, 3.63) is 0 Å². The molecule has 2 N–H and O–H groups in total. The Morgan fingerprint density at radius 1 is 1.21 bits per heavy atom. The molecule has 2 fully saturated rings. The van der Waals surface area contributed by atoms with Gasteiger partial charge >= 0.3 is 6.03 Å². The van der Waals surface area contributed by atoms with Crippen LogP contribution in [0, 0.1) is 11.3 Å². The van der Waals surface area contributed by atoms with Crippen molar-refractivity contribution in [2.75, 3.05) is 46.4 Å². The predicted octanol–water partition coefficient (Wildman–Crippen LogP) is 1.60. The predicted molar refractivity (Wildman–Crippen MR) is 111 cm³/mol. The fourth-order valence-corrected chi connectivity index (χ4v) is 3.95. The number of methoxy groups -OCH3 is 1. The molecular formula is C21H38N4O4. The number of piperidine rings is 2. The van der Waals surface area contributed by atoms with Gasteiger partial charge in [-0.15, -0.1) is 0 Å². The maximum absolute atomic E-state index is 12.5. The fourth-order valence-electron chi connectivity index (χ4n) is 3.95. The third-order valence-electron chi connectivity index (χ3n) is 5.85. The molecule has 4 amide bonds. The molecule has 2 heterocycles. The van der Waals surface area contributed by atoms with Crippen LogP contribution < -0.4 is 10.6 Å². The van der Waals surface area contributed by atoms with Gasteiger partial charge in [-0.05, 0) is 37.0 Å². The molecule has 166 valence electrons. The van der Waals surface area contributed by atoms with Gasteiger partial charge in [-0.1, -0.05) is 20.8 Å². The molecule has 0 aromatic carbocycles. The van der Waals surface area contributed by atoms with Crippen LogP contribution in [-0.4, -0.2) is 80.1 Å². The second-order valence-corrected chi connectivity index (χ2v) is 9.35. The molecular weight excluding hydrogens is 372 g/mol. The molecule has 2 saturated heterocycles. The van der Waals surface area contributed by atoms with E-state index in [-0.39, 0.29) is 35.8 Å². The number of carbonyl (C=O) groups excluding carboxylic acids is 3. The highest BCUT2D eigenvalue weighted by Crippen LogP contribution is 2.22. The number of hydrogen-bond donors (Lipinski definition) is 2. The zero-order chi connectivity index (χ0) is 21.4. The summed E-state index contributed by atoms with van der Waals surface area (Å²) in [6.07, 6.45) is 4.55. The second-order valence-electron chi connectivity index (χ2n) is 9.35. The molecule has 0 aromatic rings. The highest BCUT2D eigenvalue weighted by molar-refractivity contribution is 5.84.